The molecule has 1 N–H and O–H groups in total. The Bertz CT molecular complexity index is 646. The minimum Gasteiger partial charge on any atom is -0.328 e. The molecule has 2 aromatic rings. The van der Waals surface area contributed by atoms with Gasteiger partial charge in [-0.15, -0.1) is 0 Å². The normalized spacial score (nSPS) is 18.8. The lowest BCUT2D eigenvalue weighted by Gasteiger charge is -2.34. The van der Waals surface area contributed by atoms with Gasteiger partial charge in [-0.05, 0) is 37.5 Å². The SMILES string of the molecule is O=C(c1ccc(Cl)cc1F)N1CCCC[C@@H]1c1ncn[nH]1. The summed E-state index contributed by atoms with van der Waals surface area (Å²) in [5.74, 6) is -0.308. The van der Waals surface area contributed by atoms with Gasteiger partial charge in [-0.3, -0.25) is 9.89 Å². The largest absolute Gasteiger partial charge is 0.328 e. The van der Waals surface area contributed by atoms with Gasteiger partial charge in [0.05, 0.1) is 11.6 Å². The van der Waals surface area contributed by atoms with E-state index in [1.807, 2.05) is 0 Å². The van der Waals surface area contributed by atoms with E-state index in [0.717, 1.165) is 25.3 Å². The van der Waals surface area contributed by atoms with Crippen LogP contribution in [0.3, 0.4) is 0 Å². The number of nitrogens with zero attached hydrogens (tertiary/aromatic N) is 3. The maximum atomic E-state index is 14.0. The molecule has 2 heterocycles. The first-order valence-corrected chi connectivity index (χ1v) is 7.16. The first-order chi connectivity index (χ1) is 10.2. The summed E-state index contributed by atoms with van der Waals surface area (Å²) in [6.45, 7) is 0.576. The first-order valence-electron chi connectivity index (χ1n) is 6.78. The van der Waals surface area contributed by atoms with Crippen molar-refractivity contribution in [3.8, 4) is 0 Å². The van der Waals surface area contributed by atoms with Crippen LogP contribution in [0.15, 0.2) is 24.5 Å². The van der Waals surface area contributed by atoms with Gasteiger partial charge in [-0.1, -0.05) is 11.6 Å². The number of H-pyrrole nitrogens is 1. The van der Waals surface area contributed by atoms with Crippen molar-refractivity contribution in [2.24, 2.45) is 0 Å². The number of hydrogen-bond acceptors (Lipinski definition) is 3. The molecule has 3 rings (SSSR count). The van der Waals surface area contributed by atoms with Crippen molar-refractivity contribution in [3.05, 3.63) is 46.8 Å². The number of nitrogens with one attached hydrogen (secondary N) is 1. The summed E-state index contributed by atoms with van der Waals surface area (Å²) in [6, 6.07) is 3.91. The van der Waals surface area contributed by atoms with E-state index in [1.54, 1.807) is 4.90 Å². The number of aromatic amines is 1. The van der Waals surface area contributed by atoms with Gasteiger partial charge in [0.2, 0.25) is 0 Å². The average Bonchev–Trinajstić information content (AvgIpc) is 3.01. The fraction of sp³-hybridized carbons (Fsp3) is 0.357. The second-order valence-electron chi connectivity index (χ2n) is 5.01. The third kappa shape index (κ3) is 2.76. The molecule has 0 aliphatic carbocycles. The highest BCUT2D eigenvalue weighted by Crippen LogP contribution is 2.30. The van der Waals surface area contributed by atoms with E-state index in [9.17, 15) is 9.18 Å². The predicted molar refractivity (Wildman–Crippen MR) is 75.4 cm³/mol. The number of likely N-dealkylation sites (tertiary alicyclic amines) is 1. The molecular formula is C14H14ClFN4O. The van der Waals surface area contributed by atoms with E-state index >= 15 is 0 Å². The third-order valence-electron chi connectivity index (χ3n) is 3.67. The number of carbonyl (C=O) groups is 1. The molecular weight excluding hydrogens is 295 g/mol. The zero-order valence-corrected chi connectivity index (χ0v) is 12.0. The molecule has 21 heavy (non-hydrogen) atoms. The maximum Gasteiger partial charge on any atom is 0.257 e. The van der Waals surface area contributed by atoms with Crippen molar-refractivity contribution < 1.29 is 9.18 Å². The molecule has 1 atom stereocenters. The van der Waals surface area contributed by atoms with Crippen molar-refractivity contribution in [2.45, 2.75) is 25.3 Å². The molecule has 1 saturated heterocycles. The van der Waals surface area contributed by atoms with E-state index in [4.69, 9.17) is 11.6 Å². The van der Waals surface area contributed by atoms with Gasteiger partial charge in [-0.25, -0.2) is 9.37 Å². The van der Waals surface area contributed by atoms with E-state index in [2.05, 4.69) is 15.2 Å². The first kappa shape index (κ1) is 14.0. The number of halogens is 2. The van der Waals surface area contributed by atoms with Gasteiger partial charge < -0.3 is 4.90 Å². The van der Waals surface area contributed by atoms with E-state index in [-0.39, 0.29) is 22.5 Å². The van der Waals surface area contributed by atoms with Crippen LogP contribution in [-0.2, 0) is 0 Å². The number of aromatic nitrogens is 3. The number of benzene rings is 1. The second-order valence-corrected chi connectivity index (χ2v) is 5.44. The molecule has 1 aromatic carbocycles. The lowest BCUT2D eigenvalue weighted by molar-refractivity contribution is 0.0595. The second kappa shape index (κ2) is 5.81. The molecule has 1 fully saturated rings. The lowest BCUT2D eigenvalue weighted by Crippen LogP contribution is -2.39. The van der Waals surface area contributed by atoms with Crippen LogP contribution in [0.25, 0.3) is 0 Å². The molecule has 7 heteroatoms. The summed E-state index contributed by atoms with van der Waals surface area (Å²) in [7, 11) is 0. The molecule has 5 nitrogen and oxygen atoms in total. The van der Waals surface area contributed by atoms with Gasteiger partial charge in [0.15, 0.2) is 0 Å². The van der Waals surface area contributed by atoms with Crippen molar-refractivity contribution in [1.29, 1.82) is 0 Å². The fourth-order valence-corrected chi connectivity index (χ4v) is 2.81. The predicted octanol–water partition coefficient (Wildman–Crippen LogP) is 2.96. The minimum atomic E-state index is -0.602. The van der Waals surface area contributed by atoms with Crippen LogP contribution in [-0.4, -0.2) is 32.5 Å². The number of amides is 1. The Kier molecular flexibility index (Phi) is 3.88. The number of hydrogen-bond donors (Lipinski definition) is 1. The van der Waals surface area contributed by atoms with Crippen LogP contribution in [0.1, 0.15) is 41.5 Å². The molecule has 0 saturated carbocycles. The highest BCUT2D eigenvalue weighted by molar-refractivity contribution is 6.30. The highest BCUT2D eigenvalue weighted by atomic mass is 35.5. The van der Waals surface area contributed by atoms with Gasteiger partial charge in [0.25, 0.3) is 5.91 Å². The van der Waals surface area contributed by atoms with Crippen LogP contribution in [0, 0.1) is 5.82 Å². The number of rotatable bonds is 2. The zero-order valence-electron chi connectivity index (χ0n) is 11.2. The standard InChI is InChI=1S/C14H14ClFN4O/c15-9-4-5-10(11(16)7-9)14(21)20-6-2-1-3-12(20)13-17-8-18-19-13/h4-5,7-8,12H,1-3,6H2,(H,17,18,19)/t12-/m1/s1. The molecule has 1 amide bonds. The maximum absolute atomic E-state index is 14.0. The molecule has 1 aliphatic rings. The Morgan fingerprint density at radius 3 is 3.00 bits per heavy atom. The van der Waals surface area contributed by atoms with Crippen LogP contribution in [0.4, 0.5) is 4.39 Å². The highest BCUT2D eigenvalue weighted by Gasteiger charge is 2.31. The summed E-state index contributed by atoms with van der Waals surface area (Å²) >= 11 is 5.73. The van der Waals surface area contributed by atoms with E-state index < -0.39 is 5.82 Å². The zero-order chi connectivity index (χ0) is 14.8. The van der Waals surface area contributed by atoms with Crippen LogP contribution >= 0.6 is 11.6 Å². The van der Waals surface area contributed by atoms with E-state index in [0.29, 0.717) is 12.4 Å². The Balaban J connectivity index is 1.91. The van der Waals surface area contributed by atoms with Crippen molar-refractivity contribution in [2.75, 3.05) is 6.54 Å². The molecule has 1 aliphatic heterocycles. The Morgan fingerprint density at radius 2 is 2.29 bits per heavy atom. The summed E-state index contributed by atoms with van der Waals surface area (Å²) in [5.41, 5.74) is 0.0332. The topological polar surface area (TPSA) is 61.9 Å². The van der Waals surface area contributed by atoms with Crippen molar-refractivity contribution >= 4 is 17.5 Å². The number of carbonyl (C=O) groups excluding carboxylic acids is 1. The minimum absolute atomic E-state index is 0.0332. The third-order valence-corrected chi connectivity index (χ3v) is 3.91. The van der Waals surface area contributed by atoms with Gasteiger partial charge in [0.1, 0.15) is 18.0 Å². The van der Waals surface area contributed by atoms with E-state index in [1.165, 1.54) is 18.5 Å². The Morgan fingerprint density at radius 1 is 1.43 bits per heavy atom. The van der Waals surface area contributed by atoms with Gasteiger partial charge in [-0.2, -0.15) is 5.10 Å². The molecule has 0 bridgehead atoms. The Labute approximate surface area is 126 Å². The summed E-state index contributed by atoms with van der Waals surface area (Å²) in [4.78, 5) is 18.4. The molecule has 1 aromatic heterocycles. The summed E-state index contributed by atoms with van der Waals surface area (Å²) < 4.78 is 14.0. The summed E-state index contributed by atoms with van der Waals surface area (Å²) in [6.07, 6.45) is 4.09. The smallest absolute Gasteiger partial charge is 0.257 e. The lowest BCUT2D eigenvalue weighted by atomic mass is 10.00. The number of piperidine rings is 1. The fourth-order valence-electron chi connectivity index (χ4n) is 2.65. The summed E-state index contributed by atoms with van der Waals surface area (Å²) in [5, 5.41) is 6.90. The van der Waals surface area contributed by atoms with Crippen LogP contribution in [0.2, 0.25) is 5.02 Å². The van der Waals surface area contributed by atoms with Crippen molar-refractivity contribution in [1.82, 2.24) is 20.1 Å². The molecule has 0 spiro atoms. The Hall–Kier alpha value is -1.95. The van der Waals surface area contributed by atoms with Gasteiger partial charge >= 0.3 is 0 Å². The quantitative estimate of drug-likeness (QED) is 0.927. The van der Waals surface area contributed by atoms with Crippen molar-refractivity contribution in [3.63, 3.8) is 0 Å². The average molecular weight is 309 g/mol. The molecule has 0 radical (unpaired) electrons. The molecule has 110 valence electrons. The van der Waals surface area contributed by atoms with Crippen LogP contribution in [0.5, 0.6) is 0 Å². The van der Waals surface area contributed by atoms with Crippen LogP contribution < -0.4 is 0 Å². The molecule has 0 unspecified atom stereocenters. The monoisotopic (exact) mass is 308 g/mol. The van der Waals surface area contributed by atoms with Gasteiger partial charge in [0, 0.05) is 11.6 Å².